The van der Waals surface area contributed by atoms with Crippen molar-refractivity contribution in [3.8, 4) is 0 Å². The lowest BCUT2D eigenvalue weighted by Crippen LogP contribution is -2.52. The van der Waals surface area contributed by atoms with Crippen LogP contribution in [0.5, 0.6) is 0 Å². The Bertz CT molecular complexity index is 285. The number of rotatable bonds is 4. The van der Waals surface area contributed by atoms with Crippen molar-refractivity contribution < 1.29 is 35.3 Å². The standard InChI is InChI=1S/C11H24NO.CBF6/c1-10(2)12(7-5-6-8-12)9-13-11(3)4;3-1(4,5)2(6,7)8/h10-11H,5-9H2,1-4H3;/q+1;-1. The predicted molar refractivity (Wildman–Crippen MR) is 70.6 cm³/mol. The zero-order valence-electron chi connectivity index (χ0n) is 12.9. The largest absolute Gasteiger partial charge is 0.583 e. The normalized spacial score (nSPS) is 18.9. The van der Waals surface area contributed by atoms with Crippen molar-refractivity contribution in [2.45, 2.75) is 58.8 Å². The molecular weight excluding hydrogens is 299 g/mol. The summed E-state index contributed by atoms with van der Waals surface area (Å²) in [7, 11) is 0. The van der Waals surface area contributed by atoms with Gasteiger partial charge in [-0.3, -0.25) is 4.48 Å². The minimum atomic E-state index is -6.65. The fraction of sp³-hybridized carbons (Fsp3) is 1.00. The van der Waals surface area contributed by atoms with E-state index in [0.717, 1.165) is 6.73 Å². The van der Waals surface area contributed by atoms with Crippen molar-refractivity contribution in [2.24, 2.45) is 0 Å². The summed E-state index contributed by atoms with van der Waals surface area (Å²) in [6.45, 7) is 5.75. The zero-order chi connectivity index (χ0) is 16.9. The van der Waals surface area contributed by atoms with Crippen molar-refractivity contribution in [1.29, 1.82) is 0 Å². The SMILES string of the molecule is CC(C)OC[N+]1(C(C)C)CCCC1.F[B-](F)(F)C(F)(F)F. The molecule has 1 aliphatic heterocycles. The van der Waals surface area contributed by atoms with Gasteiger partial charge in [0.2, 0.25) is 0 Å². The molecule has 0 unspecified atom stereocenters. The summed E-state index contributed by atoms with van der Waals surface area (Å²) in [5.41, 5.74) is 0. The fourth-order valence-electron chi connectivity index (χ4n) is 2.06. The first-order valence-corrected chi connectivity index (χ1v) is 7.05. The lowest BCUT2D eigenvalue weighted by atomic mass is 9.92. The van der Waals surface area contributed by atoms with E-state index in [1.165, 1.54) is 30.4 Å². The molecule has 1 heterocycles. The molecule has 0 saturated carbocycles. The third kappa shape index (κ3) is 6.91. The summed E-state index contributed by atoms with van der Waals surface area (Å²) < 4.78 is 69.8. The number of ether oxygens (including phenoxy) is 1. The van der Waals surface area contributed by atoms with Gasteiger partial charge in [0.15, 0.2) is 6.73 Å². The van der Waals surface area contributed by atoms with E-state index < -0.39 is 13.1 Å². The summed E-state index contributed by atoms with van der Waals surface area (Å²) in [5.74, 6) is 0. The van der Waals surface area contributed by atoms with E-state index in [1.807, 2.05) is 0 Å². The predicted octanol–water partition coefficient (Wildman–Crippen LogP) is 4.32. The molecule has 0 spiro atoms. The van der Waals surface area contributed by atoms with Gasteiger partial charge in [0.05, 0.1) is 25.2 Å². The Morgan fingerprint density at radius 1 is 1.00 bits per heavy atom. The van der Waals surface area contributed by atoms with E-state index >= 15 is 0 Å². The second-order valence-corrected chi connectivity index (χ2v) is 5.93. The van der Waals surface area contributed by atoms with Crippen LogP contribution in [0.4, 0.5) is 26.1 Å². The second kappa shape index (κ2) is 7.71. The van der Waals surface area contributed by atoms with Crippen LogP contribution in [0.15, 0.2) is 0 Å². The number of nitrogens with zero attached hydrogens (tertiary/aromatic N) is 1. The Morgan fingerprint density at radius 2 is 1.38 bits per heavy atom. The van der Waals surface area contributed by atoms with Gasteiger partial charge in [-0.05, 0) is 27.7 Å². The van der Waals surface area contributed by atoms with Gasteiger partial charge in [0.25, 0.3) is 0 Å². The molecule has 0 N–H and O–H groups in total. The lowest BCUT2D eigenvalue weighted by Gasteiger charge is -2.38. The highest BCUT2D eigenvalue weighted by Gasteiger charge is 2.53. The average Bonchev–Trinajstić information content (AvgIpc) is 2.74. The molecule has 0 aromatic rings. The Kier molecular flexibility index (Phi) is 7.55. The first kappa shape index (κ1) is 20.6. The summed E-state index contributed by atoms with van der Waals surface area (Å²) in [6, 6.07) is 0.709. The molecule has 9 heteroatoms. The monoisotopic (exact) mass is 323 g/mol. The Balaban J connectivity index is 0.000000433. The van der Waals surface area contributed by atoms with Gasteiger partial charge in [-0.15, -0.1) is 0 Å². The molecule has 1 saturated heterocycles. The van der Waals surface area contributed by atoms with Crippen LogP contribution in [0.2, 0.25) is 0 Å². The van der Waals surface area contributed by atoms with Gasteiger partial charge < -0.3 is 17.7 Å². The maximum Gasteiger partial charge on any atom is 0.583 e. The van der Waals surface area contributed by atoms with Gasteiger partial charge in [-0.25, -0.2) is 13.2 Å². The molecule has 0 radical (unpaired) electrons. The molecule has 0 atom stereocenters. The van der Waals surface area contributed by atoms with Crippen LogP contribution in [-0.2, 0) is 4.74 Å². The van der Waals surface area contributed by atoms with Gasteiger partial charge in [-0.1, -0.05) is 0 Å². The summed E-state index contributed by atoms with van der Waals surface area (Å²) in [6.07, 6.45) is -2.88. The molecule has 1 aliphatic rings. The van der Waals surface area contributed by atoms with Crippen LogP contribution < -0.4 is 0 Å². The summed E-state index contributed by atoms with van der Waals surface area (Å²) in [5, 5.41) is 0. The van der Waals surface area contributed by atoms with Gasteiger partial charge >= 0.3 is 13.1 Å². The van der Waals surface area contributed by atoms with Crippen molar-refractivity contribution in [2.75, 3.05) is 19.8 Å². The molecule has 0 bridgehead atoms. The van der Waals surface area contributed by atoms with Crippen LogP contribution in [0.25, 0.3) is 0 Å². The van der Waals surface area contributed by atoms with E-state index in [2.05, 4.69) is 27.7 Å². The minimum absolute atomic E-state index is 0.370. The highest BCUT2D eigenvalue weighted by molar-refractivity contribution is 6.60. The number of hydrogen-bond donors (Lipinski definition) is 0. The molecule has 0 aromatic heterocycles. The number of quaternary nitrogens is 1. The highest BCUT2D eigenvalue weighted by Crippen LogP contribution is 2.31. The first-order chi connectivity index (χ1) is 9.32. The second-order valence-electron chi connectivity index (χ2n) is 5.93. The number of alkyl halides is 3. The Labute approximate surface area is 122 Å². The minimum Gasteiger partial charge on any atom is -0.443 e. The van der Waals surface area contributed by atoms with Crippen LogP contribution in [0, 0.1) is 0 Å². The molecule has 2 nitrogen and oxygen atoms in total. The maximum absolute atomic E-state index is 10.5. The molecule has 0 aromatic carbocycles. The average molecular weight is 323 g/mol. The molecule has 1 fully saturated rings. The van der Waals surface area contributed by atoms with Gasteiger partial charge in [0.1, 0.15) is 0 Å². The number of halogens is 6. The van der Waals surface area contributed by atoms with Crippen LogP contribution in [0.3, 0.4) is 0 Å². The fourth-order valence-corrected chi connectivity index (χ4v) is 2.06. The lowest BCUT2D eigenvalue weighted by molar-refractivity contribution is -0.954. The smallest absolute Gasteiger partial charge is 0.443 e. The van der Waals surface area contributed by atoms with E-state index in [9.17, 15) is 26.1 Å². The highest BCUT2D eigenvalue weighted by atomic mass is 19.4. The molecule has 1 rings (SSSR count). The number of likely N-dealkylation sites (tertiary alicyclic amines) is 1. The van der Waals surface area contributed by atoms with E-state index in [0.29, 0.717) is 12.1 Å². The zero-order valence-corrected chi connectivity index (χ0v) is 12.9. The maximum atomic E-state index is 10.5. The van der Waals surface area contributed by atoms with Crippen molar-refractivity contribution in [1.82, 2.24) is 0 Å². The molecule has 0 amide bonds. The first-order valence-electron chi connectivity index (χ1n) is 7.05. The van der Waals surface area contributed by atoms with Crippen molar-refractivity contribution in [3.05, 3.63) is 0 Å². The van der Waals surface area contributed by atoms with Gasteiger partial charge in [-0.2, -0.15) is 0 Å². The third-order valence-corrected chi connectivity index (χ3v) is 3.59. The Morgan fingerprint density at radius 3 is 1.62 bits per heavy atom. The molecular formula is C12H24BF6NO. The van der Waals surface area contributed by atoms with E-state index in [-0.39, 0.29) is 0 Å². The quantitative estimate of drug-likeness (QED) is 0.425. The topological polar surface area (TPSA) is 9.23 Å². The Hall–Kier alpha value is -0.435. The van der Waals surface area contributed by atoms with E-state index in [1.54, 1.807) is 0 Å². The van der Waals surface area contributed by atoms with Crippen molar-refractivity contribution >= 4 is 6.98 Å². The van der Waals surface area contributed by atoms with Crippen LogP contribution in [0.1, 0.15) is 40.5 Å². The molecule has 0 aliphatic carbocycles. The number of hydrogen-bond acceptors (Lipinski definition) is 1. The van der Waals surface area contributed by atoms with E-state index in [4.69, 9.17) is 4.74 Å². The molecule has 128 valence electrons. The molecule has 21 heavy (non-hydrogen) atoms. The third-order valence-electron chi connectivity index (χ3n) is 3.59. The van der Waals surface area contributed by atoms with Crippen LogP contribution >= 0.6 is 0 Å². The van der Waals surface area contributed by atoms with Gasteiger partial charge in [0, 0.05) is 12.8 Å². The van der Waals surface area contributed by atoms with Crippen molar-refractivity contribution in [3.63, 3.8) is 0 Å². The van der Waals surface area contributed by atoms with Crippen LogP contribution in [-0.4, -0.2) is 49.5 Å². The summed E-state index contributed by atoms with van der Waals surface area (Å²) >= 11 is 0. The summed E-state index contributed by atoms with van der Waals surface area (Å²) in [4.78, 5) is 0.